The Morgan fingerprint density at radius 2 is 2.19 bits per heavy atom. The third-order valence-corrected chi connectivity index (χ3v) is 3.86. The van der Waals surface area contributed by atoms with Crippen molar-refractivity contribution < 1.29 is 0 Å². The smallest absolute Gasteiger partial charge is 0.122 e. The van der Waals surface area contributed by atoms with Crippen molar-refractivity contribution >= 4 is 5.82 Å². The average molecular weight is 221 g/mol. The Morgan fingerprint density at radius 1 is 1.44 bits per heavy atom. The normalized spacial score (nSPS) is 26.2. The summed E-state index contributed by atoms with van der Waals surface area (Å²) in [5.41, 5.74) is 7.03. The molecule has 1 fully saturated rings. The predicted molar refractivity (Wildman–Crippen MR) is 67.2 cm³/mol. The van der Waals surface area contributed by atoms with Crippen LogP contribution in [0.15, 0.2) is 6.07 Å². The maximum atomic E-state index is 5.99. The summed E-state index contributed by atoms with van der Waals surface area (Å²) in [5, 5.41) is 4.52. The molecule has 0 saturated heterocycles. The molecule has 0 radical (unpaired) electrons. The van der Waals surface area contributed by atoms with Crippen molar-refractivity contribution in [2.45, 2.75) is 52.5 Å². The number of hydrogen-bond donors (Lipinski definition) is 1. The van der Waals surface area contributed by atoms with Gasteiger partial charge in [0, 0.05) is 6.07 Å². The zero-order chi connectivity index (χ0) is 11.7. The van der Waals surface area contributed by atoms with Crippen LogP contribution < -0.4 is 5.73 Å². The highest BCUT2D eigenvalue weighted by Gasteiger charge is 2.26. The molecule has 2 N–H and O–H groups in total. The molecule has 90 valence electrons. The van der Waals surface area contributed by atoms with E-state index < -0.39 is 0 Å². The number of aromatic nitrogens is 2. The van der Waals surface area contributed by atoms with Crippen LogP contribution in [0, 0.1) is 18.8 Å². The average Bonchev–Trinajstić information content (AvgIpc) is 2.58. The van der Waals surface area contributed by atoms with Gasteiger partial charge in [0.25, 0.3) is 0 Å². The Morgan fingerprint density at radius 3 is 2.75 bits per heavy atom. The minimum Gasteiger partial charge on any atom is -0.384 e. The lowest BCUT2D eigenvalue weighted by molar-refractivity contribution is 0.208. The molecule has 1 aliphatic rings. The van der Waals surface area contributed by atoms with Crippen LogP contribution in [0.25, 0.3) is 0 Å². The summed E-state index contributed by atoms with van der Waals surface area (Å²) in [7, 11) is 0. The summed E-state index contributed by atoms with van der Waals surface area (Å²) < 4.78 is 2.05. The van der Waals surface area contributed by atoms with E-state index >= 15 is 0 Å². The van der Waals surface area contributed by atoms with Gasteiger partial charge < -0.3 is 5.73 Å². The summed E-state index contributed by atoms with van der Waals surface area (Å²) in [6.07, 6.45) is 5.15. The molecular weight excluding hydrogens is 198 g/mol. The molecule has 1 saturated carbocycles. The summed E-state index contributed by atoms with van der Waals surface area (Å²) in [6, 6.07) is 2.49. The van der Waals surface area contributed by atoms with Gasteiger partial charge in [0.15, 0.2) is 0 Å². The minimum atomic E-state index is 0.523. The fraction of sp³-hybridized carbons (Fsp3) is 0.769. The number of hydrogen-bond acceptors (Lipinski definition) is 2. The first-order chi connectivity index (χ1) is 7.58. The van der Waals surface area contributed by atoms with E-state index in [4.69, 9.17) is 5.73 Å². The highest BCUT2D eigenvalue weighted by molar-refractivity contribution is 5.30. The van der Waals surface area contributed by atoms with Crippen molar-refractivity contribution in [2.75, 3.05) is 5.73 Å². The van der Waals surface area contributed by atoms with Crippen molar-refractivity contribution in [3.63, 3.8) is 0 Å². The van der Waals surface area contributed by atoms with Crippen molar-refractivity contribution in [1.29, 1.82) is 0 Å². The van der Waals surface area contributed by atoms with Gasteiger partial charge in [0.1, 0.15) is 5.82 Å². The van der Waals surface area contributed by atoms with E-state index in [9.17, 15) is 0 Å². The first kappa shape index (κ1) is 11.5. The van der Waals surface area contributed by atoms with Crippen LogP contribution in [0.3, 0.4) is 0 Å². The van der Waals surface area contributed by atoms with Gasteiger partial charge in [-0.05, 0) is 31.6 Å². The molecule has 2 unspecified atom stereocenters. The zero-order valence-electron chi connectivity index (χ0n) is 10.6. The fourth-order valence-electron chi connectivity index (χ4n) is 2.86. The molecule has 0 spiro atoms. The van der Waals surface area contributed by atoms with Gasteiger partial charge in [-0.1, -0.05) is 26.7 Å². The second kappa shape index (κ2) is 4.48. The number of rotatable bonds is 2. The Balaban J connectivity index is 2.12. The third kappa shape index (κ3) is 2.23. The second-order valence-electron chi connectivity index (χ2n) is 5.48. The van der Waals surface area contributed by atoms with E-state index in [0.29, 0.717) is 6.04 Å². The van der Waals surface area contributed by atoms with Crippen LogP contribution in [-0.2, 0) is 0 Å². The topological polar surface area (TPSA) is 43.8 Å². The number of nitrogen functional groups attached to an aromatic ring is 1. The quantitative estimate of drug-likeness (QED) is 0.833. The molecule has 2 atom stereocenters. The van der Waals surface area contributed by atoms with E-state index in [0.717, 1.165) is 23.3 Å². The molecule has 3 heteroatoms. The van der Waals surface area contributed by atoms with E-state index in [1.54, 1.807) is 0 Å². The van der Waals surface area contributed by atoms with Crippen molar-refractivity contribution in [3.05, 3.63) is 11.8 Å². The van der Waals surface area contributed by atoms with Gasteiger partial charge in [-0.25, -0.2) is 4.68 Å². The van der Waals surface area contributed by atoms with Crippen molar-refractivity contribution in [1.82, 2.24) is 9.78 Å². The highest BCUT2D eigenvalue weighted by atomic mass is 15.3. The monoisotopic (exact) mass is 221 g/mol. The van der Waals surface area contributed by atoms with E-state index in [1.165, 1.54) is 25.7 Å². The lowest BCUT2D eigenvalue weighted by Crippen LogP contribution is -2.24. The summed E-state index contributed by atoms with van der Waals surface area (Å²) in [4.78, 5) is 0. The number of aryl methyl sites for hydroxylation is 1. The zero-order valence-corrected chi connectivity index (χ0v) is 10.6. The van der Waals surface area contributed by atoms with E-state index in [-0.39, 0.29) is 0 Å². The van der Waals surface area contributed by atoms with Crippen LogP contribution in [0.4, 0.5) is 5.82 Å². The number of anilines is 1. The van der Waals surface area contributed by atoms with Crippen LogP contribution >= 0.6 is 0 Å². The molecule has 0 bridgehead atoms. The van der Waals surface area contributed by atoms with Gasteiger partial charge in [0.2, 0.25) is 0 Å². The third-order valence-electron chi connectivity index (χ3n) is 3.86. The van der Waals surface area contributed by atoms with Gasteiger partial charge in [-0.3, -0.25) is 0 Å². The molecule has 3 nitrogen and oxygen atoms in total. The SMILES string of the molecule is Cc1cc(N)n(C2CCCC(C(C)C)C2)n1. The molecule has 0 aliphatic heterocycles. The Labute approximate surface area is 98.0 Å². The Bertz CT molecular complexity index is 354. The maximum Gasteiger partial charge on any atom is 0.122 e. The molecule has 0 amide bonds. The van der Waals surface area contributed by atoms with Crippen LogP contribution in [0.1, 0.15) is 51.3 Å². The Kier molecular flexibility index (Phi) is 3.22. The number of nitrogens with two attached hydrogens (primary N) is 1. The first-order valence-electron chi connectivity index (χ1n) is 6.39. The molecule has 1 heterocycles. The van der Waals surface area contributed by atoms with E-state index in [1.807, 2.05) is 17.7 Å². The van der Waals surface area contributed by atoms with Crippen LogP contribution in [0.5, 0.6) is 0 Å². The molecule has 1 aromatic rings. The molecular formula is C13H23N3. The summed E-state index contributed by atoms with van der Waals surface area (Å²) in [5.74, 6) is 2.44. The minimum absolute atomic E-state index is 0.523. The molecule has 0 aromatic carbocycles. The lowest BCUT2D eigenvalue weighted by atomic mass is 9.79. The van der Waals surface area contributed by atoms with Crippen molar-refractivity contribution in [2.24, 2.45) is 11.8 Å². The molecule has 2 rings (SSSR count). The van der Waals surface area contributed by atoms with Gasteiger partial charge in [-0.15, -0.1) is 0 Å². The lowest BCUT2D eigenvalue weighted by Gasteiger charge is -2.32. The standard InChI is InChI=1S/C13H23N3/c1-9(2)11-5-4-6-12(8-11)16-13(14)7-10(3)15-16/h7,9,11-12H,4-6,8,14H2,1-3H3. The largest absolute Gasteiger partial charge is 0.384 e. The molecule has 1 aliphatic carbocycles. The van der Waals surface area contributed by atoms with Gasteiger partial charge in [-0.2, -0.15) is 5.10 Å². The van der Waals surface area contributed by atoms with Crippen LogP contribution in [0.2, 0.25) is 0 Å². The number of nitrogens with zero attached hydrogens (tertiary/aromatic N) is 2. The van der Waals surface area contributed by atoms with Gasteiger partial charge >= 0.3 is 0 Å². The molecule has 1 aromatic heterocycles. The Hall–Kier alpha value is -0.990. The maximum absolute atomic E-state index is 5.99. The summed E-state index contributed by atoms with van der Waals surface area (Å²) in [6.45, 7) is 6.66. The second-order valence-corrected chi connectivity index (χ2v) is 5.48. The molecule has 16 heavy (non-hydrogen) atoms. The first-order valence-corrected chi connectivity index (χ1v) is 6.39. The van der Waals surface area contributed by atoms with Crippen molar-refractivity contribution in [3.8, 4) is 0 Å². The van der Waals surface area contributed by atoms with Gasteiger partial charge in [0.05, 0.1) is 11.7 Å². The highest BCUT2D eigenvalue weighted by Crippen LogP contribution is 2.37. The predicted octanol–water partition coefficient (Wildman–Crippen LogP) is 3.16. The van der Waals surface area contributed by atoms with E-state index in [2.05, 4.69) is 18.9 Å². The summed E-state index contributed by atoms with van der Waals surface area (Å²) >= 11 is 0. The fourth-order valence-corrected chi connectivity index (χ4v) is 2.86. The van der Waals surface area contributed by atoms with Crippen LogP contribution in [-0.4, -0.2) is 9.78 Å².